The predicted octanol–water partition coefficient (Wildman–Crippen LogP) is 1.46. The molecule has 0 amide bonds. The lowest BCUT2D eigenvalue weighted by Crippen LogP contribution is -1.98. The van der Waals surface area contributed by atoms with Crippen molar-refractivity contribution < 1.29 is 18.1 Å². The standard InChI is InChI=1S/C7H6FNO4S/c8-7-2-1-6(9(10)11)3-5(7)4-14(12)13/h1-3H,4H2,(H,12,13). The first-order valence-corrected chi connectivity index (χ1v) is 4.78. The van der Waals surface area contributed by atoms with Gasteiger partial charge in [-0.3, -0.25) is 10.1 Å². The number of hydrogen-bond acceptors (Lipinski definition) is 3. The van der Waals surface area contributed by atoms with E-state index in [1.54, 1.807) is 0 Å². The lowest BCUT2D eigenvalue weighted by molar-refractivity contribution is -0.385. The van der Waals surface area contributed by atoms with E-state index in [9.17, 15) is 18.7 Å². The number of rotatable bonds is 3. The maximum atomic E-state index is 12.9. The van der Waals surface area contributed by atoms with Crippen molar-refractivity contribution in [2.45, 2.75) is 5.75 Å². The second-order valence-electron chi connectivity index (χ2n) is 2.50. The van der Waals surface area contributed by atoms with Gasteiger partial charge in [0.2, 0.25) is 0 Å². The van der Waals surface area contributed by atoms with Gasteiger partial charge in [-0.1, -0.05) is 0 Å². The molecule has 0 aliphatic carbocycles. The molecule has 5 nitrogen and oxygen atoms in total. The van der Waals surface area contributed by atoms with Crippen molar-refractivity contribution in [3.05, 3.63) is 39.7 Å². The van der Waals surface area contributed by atoms with Crippen LogP contribution in [0.2, 0.25) is 0 Å². The van der Waals surface area contributed by atoms with Crippen molar-refractivity contribution in [1.29, 1.82) is 0 Å². The van der Waals surface area contributed by atoms with Crippen LogP contribution < -0.4 is 0 Å². The fraction of sp³-hybridized carbons (Fsp3) is 0.143. The Balaban J connectivity index is 3.08. The Morgan fingerprint density at radius 2 is 2.21 bits per heavy atom. The predicted molar refractivity (Wildman–Crippen MR) is 47.5 cm³/mol. The zero-order chi connectivity index (χ0) is 10.7. The van der Waals surface area contributed by atoms with Gasteiger partial charge in [0.1, 0.15) is 5.82 Å². The van der Waals surface area contributed by atoms with Crippen molar-refractivity contribution >= 4 is 16.8 Å². The van der Waals surface area contributed by atoms with E-state index < -0.39 is 27.6 Å². The molecule has 0 heterocycles. The molecule has 0 saturated carbocycles. The van der Waals surface area contributed by atoms with Gasteiger partial charge in [-0.2, -0.15) is 0 Å². The van der Waals surface area contributed by atoms with Crippen LogP contribution in [0, 0.1) is 15.9 Å². The first-order chi connectivity index (χ1) is 6.50. The lowest BCUT2D eigenvalue weighted by Gasteiger charge is -1.99. The third kappa shape index (κ3) is 2.57. The van der Waals surface area contributed by atoms with Crippen LogP contribution in [0.25, 0.3) is 0 Å². The first kappa shape index (κ1) is 10.7. The lowest BCUT2D eigenvalue weighted by atomic mass is 10.2. The molecule has 0 spiro atoms. The number of nitro groups is 1. The van der Waals surface area contributed by atoms with E-state index in [0.717, 1.165) is 18.2 Å². The minimum absolute atomic E-state index is 0.139. The molecule has 76 valence electrons. The molecule has 0 aliphatic rings. The van der Waals surface area contributed by atoms with Crippen LogP contribution in [-0.2, 0) is 16.8 Å². The SMILES string of the molecule is O=[N+]([O-])c1ccc(F)c(CS(=O)O)c1. The minimum atomic E-state index is -2.21. The molecule has 14 heavy (non-hydrogen) atoms. The quantitative estimate of drug-likeness (QED) is 0.474. The molecule has 0 aliphatic heterocycles. The molecule has 1 aromatic carbocycles. The molecule has 0 aromatic heterocycles. The summed E-state index contributed by atoms with van der Waals surface area (Å²) in [5.41, 5.74) is -0.438. The fourth-order valence-electron chi connectivity index (χ4n) is 0.918. The van der Waals surface area contributed by atoms with Gasteiger partial charge in [0, 0.05) is 17.7 Å². The Morgan fingerprint density at radius 3 is 2.71 bits per heavy atom. The maximum absolute atomic E-state index is 12.9. The smallest absolute Gasteiger partial charge is 0.269 e. The highest BCUT2D eigenvalue weighted by molar-refractivity contribution is 7.78. The number of non-ortho nitro benzene ring substituents is 1. The summed E-state index contributed by atoms with van der Waals surface area (Å²) < 4.78 is 31.8. The number of nitrogens with zero attached hydrogens (tertiary/aromatic N) is 1. The summed E-state index contributed by atoms with van der Waals surface area (Å²) in [6, 6.07) is 2.85. The third-order valence-electron chi connectivity index (χ3n) is 1.52. The molecule has 1 unspecified atom stereocenters. The zero-order valence-corrected chi connectivity index (χ0v) is 7.66. The van der Waals surface area contributed by atoms with E-state index in [2.05, 4.69) is 0 Å². The van der Waals surface area contributed by atoms with Gasteiger partial charge in [0.25, 0.3) is 5.69 Å². The highest BCUT2D eigenvalue weighted by atomic mass is 32.2. The summed E-state index contributed by atoms with van der Waals surface area (Å²) in [4.78, 5) is 9.60. The van der Waals surface area contributed by atoms with Gasteiger partial charge in [0.05, 0.1) is 10.7 Å². The number of nitro benzene ring substituents is 1. The van der Waals surface area contributed by atoms with Crippen LogP contribution in [0.15, 0.2) is 18.2 Å². The van der Waals surface area contributed by atoms with Crippen LogP contribution in [0.5, 0.6) is 0 Å². The van der Waals surface area contributed by atoms with Gasteiger partial charge in [-0.05, 0) is 6.07 Å². The van der Waals surface area contributed by atoms with E-state index in [4.69, 9.17) is 4.55 Å². The van der Waals surface area contributed by atoms with Gasteiger partial charge >= 0.3 is 0 Å². The summed E-state index contributed by atoms with van der Waals surface area (Å²) in [7, 11) is 0. The van der Waals surface area contributed by atoms with Crippen molar-refractivity contribution in [1.82, 2.24) is 0 Å². The van der Waals surface area contributed by atoms with Crippen molar-refractivity contribution in [2.24, 2.45) is 0 Å². The highest BCUT2D eigenvalue weighted by Crippen LogP contribution is 2.17. The van der Waals surface area contributed by atoms with Crippen LogP contribution in [0.3, 0.4) is 0 Å². The van der Waals surface area contributed by atoms with Crippen LogP contribution in [0.4, 0.5) is 10.1 Å². The van der Waals surface area contributed by atoms with Gasteiger partial charge in [-0.25, -0.2) is 8.60 Å². The first-order valence-electron chi connectivity index (χ1n) is 3.51. The Labute approximate surface area is 81.0 Å². The monoisotopic (exact) mass is 219 g/mol. The Kier molecular flexibility index (Phi) is 3.26. The van der Waals surface area contributed by atoms with E-state index in [1.165, 1.54) is 0 Å². The average molecular weight is 219 g/mol. The zero-order valence-electron chi connectivity index (χ0n) is 6.84. The molecule has 1 atom stereocenters. The summed E-state index contributed by atoms with van der Waals surface area (Å²) >= 11 is -2.21. The van der Waals surface area contributed by atoms with Crippen LogP contribution in [-0.4, -0.2) is 13.7 Å². The Morgan fingerprint density at radius 1 is 1.57 bits per heavy atom. The van der Waals surface area contributed by atoms with E-state index in [1.807, 2.05) is 0 Å². The molecular formula is C7H6FNO4S. The number of hydrogen-bond donors (Lipinski definition) is 1. The summed E-state index contributed by atoms with van der Waals surface area (Å²) in [6.07, 6.45) is 0. The van der Waals surface area contributed by atoms with Gasteiger partial charge in [0.15, 0.2) is 11.1 Å². The maximum Gasteiger partial charge on any atom is 0.269 e. The van der Waals surface area contributed by atoms with Crippen LogP contribution in [0.1, 0.15) is 5.56 Å². The second kappa shape index (κ2) is 4.25. The minimum Gasteiger partial charge on any atom is -0.306 e. The molecule has 0 bridgehead atoms. The van der Waals surface area contributed by atoms with E-state index in [-0.39, 0.29) is 11.3 Å². The molecular weight excluding hydrogens is 213 g/mol. The summed E-state index contributed by atoms with van der Waals surface area (Å²) in [5, 5.41) is 10.3. The Hall–Kier alpha value is -1.34. The molecule has 0 saturated heterocycles. The molecule has 1 N–H and O–H groups in total. The molecule has 1 aromatic rings. The molecule has 1 rings (SSSR count). The van der Waals surface area contributed by atoms with Crippen molar-refractivity contribution in [2.75, 3.05) is 0 Å². The summed E-state index contributed by atoms with van der Waals surface area (Å²) in [6.45, 7) is 0. The fourth-order valence-corrected chi connectivity index (χ4v) is 1.41. The summed E-state index contributed by atoms with van der Waals surface area (Å²) in [5.74, 6) is -1.17. The topological polar surface area (TPSA) is 80.4 Å². The average Bonchev–Trinajstić information content (AvgIpc) is 2.07. The molecule has 0 radical (unpaired) electrons. The van der Waals surface area contributed by atoms with Crippen molar-refractivity contribution in [3.8, 4) is 0 Å². The normalized spacial score (nSPS) is 12.4. The van der Waals surface area contributed by atoms with Crippen molar-refractivity contribution in [3.63, 3.8) is 0 Å². The highest BCUT2D eigenvalue weighted by Gasteiger charge is 2.11. The molecule has 7 heteroatoms. The van der Waals surface area contributed by atoms with Gasteiger partial charge < -0.3 is 4.55 Å². The largest absolute Gasteiger partial charge is 0.306 e. The number of benzene rings is 1. The Bertz CT molecular complexity index is 395. The van der Waals surface area contributed by atoms with Gasteiger partial charge in [-0.15, -0.1) is 0 Å². The van der Waals surface area contributed by atoms with E-state index in [0.29, 0.717) is 0 Å². The van der Waals surface area contributed by atoms with Crippen LogP contribution >= 0.6 is 0 Å². The third-order valence-corrected chi connectivity index (χ3v) is 2.08. The van der Waals surface area contributed by atoms with E-state index >= 15 is 0 Å². The molecule has 0 fully saturated rings. The second-order valence-corrected chi connectivity index (χ2v) is 3.43. The number of halogens is 1.